The van der Waals surface area contributed by atoms with E-state index in [-0.39, 0.29) is 63.2 Å². The van der Waals surface area contributed by atoms with Crippen LogP contribution in [0.4, 0.5) is 0 Å². The van der Waals surface area contributed by atoms with Crippen LogP contribution in [0.25, 0.3) is 0 Å². The molecule has 3 rings (SSSR count). The fourth-order valence-corrected chi connectivity index (χ4v) is 4.72. The molecule has 5 nitrogen and oxygen atoms in total. The van der Waals surface area contributed by atoms with E-state index >= 15 is 0 Å². The van der Waals surface area contributed by atoms with E-state index in [0.717, 1.165) is 74.7 Å². The number of benzene rings is 2. The summed E-state index contributed by atoms with van der Waals surface area (Å²) < 4.78 is 0. The molecule has 0 saturated carbocycles. The molecule has 2 aromatic carbocycles. The molecule has 0 amide bonds. The molecule has 0 aliphatic heterocycles. The van der Waals surface area contributed by atoms with Crippen molar-refractivity contribution >= 4 is 45.6 Å². The lowest BCUT2D eigenvalue weighted by Gasteiger charge is -2.32. The Morgan fingerprint density at radius 1 is 0.969 bits per heavy atom. The molecule has 0 radical (unpaired) electrons. The Morgan fingerprint density at radius 2 is 1.72 bits per heavy atom. The number of fused-ring (bicyclic) bond motifs is 1. The molecule has 6 N–H and O–H groups in total. The fourth-order valence-electron chi connectivity index (χ4n) is 4.47. The van der Waals surface area contributed by atoms with E-state index in [0.29, 0.717) is 5.02 Å². The van der Waals surface area contributed by atoms with Gasteiger partial charge in [0.05, 0.1) is 0 Å². The van der Waals surface area contributed by atoms with Gasteiger partial charge in [-0.1, -0.05) is 36.9 Å². The van der Waals surface area contributed by atoms with E-state index in [2.05, 4.69) is 5.32 Å². The van der Waals surface area contributed by atoms with Gasteiger partial charge in [-0.3, -0.25) is 0 Å². The third-order valence-corrected chi connectivity index (χ3v) is 6.31. The maximum atomic E-state index is 10.1. The fraction of sp³-hybridized carbons (Fsp3) is 0.500. The summed E-state index contributed by atoms with van der Waals surface area (Å²) in [5.41, 5.74) is 9.39. The van der Waals surface area contributed by atoms with Gasteiger partial charge in [-0.25, -0.2) is 0 Å². The van der Waals surface area contributed by atoms with Gasteiger partial charge in [0.15, 0.2) is 11.5 Å². The van der Waals surface area contributed by atoms with Crippen LogP contribution in [0.15, 0.2) is 30.3 Å². The first-order chi connectivity index (χ1) is 14.5. The number of unbranched alkanes of at least 4 members (excludes halogenated alkanes) is 3. The molecule has 0 bridgehead atoms. The van der Waals surface area contributed by atoms with Crippen molar-refractivity contribution in [2.75, 3.05) is 13.1 Å². The number of phenols is 3. The molecular formula is C24H35Br2ClN2O3. The Bertz CT molecular complexity index is 834. The molecule has 8 heteroatoms. The average molecular weight is 595 g/mol. The standard InChI is InChI=1S/C24H33ClN2O3.2BrH/c25-17-13-16(14-18(28)15-17)10-12-27-11-4-2-1-3-5-20-19-7-9-23(29)24(30)21(19)6-8-22(20)26;;/h7,9,13-15,20,22,27-30H,1-6,8,10-12,26H2;2*1H. The summed E-state index contributed by atoms with van der Waals surface area (Å²) in [5, 5.41) is 33.5. The van der Waals surface area contributed by atoms with Crippen molar-refractivity contribution in [3.8, 4) is 17.2 Å². The van der Waals surface area contributed by atoms with Crippen molar-refractivity contribution < 1.29 is 15.3 Å². The molecule has 1 aliphatic carbocycles. The smallest absolute Gasteiger partial charge is 0.160 e. The van der Waals surface area contributed by atoms with Crippen LogP contribution in [0, 0.1) is 0 Å². The Labute approximate surface area is 216 Å². The molecule has 0 fully saturated rings. The summed E-state index contributed by atoms with van der Waals surface area (Å²) in [5.74, 6) is 0.461. The van der Waals surface area contributed by atoms with Crippen LogP contribution in [-0.2, 0) is 12.8 Å². The Morgan fingerprint density at radius 3 is 2.47 bits per heavy atom. The summed E-state index contributed by atoms with van der Waals surface area (Å²) in [6.45, 7) is 1.84. The molecule has 0 aromatic heterocycles. The monoisotopic (exact) mass is 592 g/mol. The summed E-state index contributed by atoms with van der Waals surface area (Å²) in [4.78, 5) is 0. The second-order valence-corrected chi connectivity index (χ2v) is 8.77. The zero-order valence-corrected chi connectivity index (χ0v) is 22.4. The van der Waals surface area contributed by atoms with Crippen molar-refractivity contribution in [1.29, 1.82) is 0 Å². The van der Waals surface area contributed by atoms with Gasteiger partial charge in [0.2, 0.25) is 0 Å². The van der Waals surface area contributed by atoms with E-state index in [1.807, 2.05) is 12.1 Å². The van der Waals surface area contributed by atoms with Crippen molar-refractivity contribution in [3.63, 3.8) is 0 Å². The molecular weight excluding hydrogens is 560 g/mol. The summed E-state index contributed by atoms with van der Waals surface area (Å²) in [7, 11) is 0. The molecule has 0 saturated heterocycles. The van der Waals surface area contributed by atoms with Crippen LogP contribution in [-0.4, -0.2) is 34.5 Å². The van der Waals surface area contributed by atoms with Crippen LogP contribution in [0.5, 0.6) is 17.2 Å². The second kappa shape index (κ2) is 14.3. The minimum atomic E-state index is -0.0392. The van der Waals surface area contributed by atoms with Crippen LogP contribution >= 0.6 is 45.6 Å². The number of rotatable bonds is 10. The zero-order chi connectivity index (χ0) is 21.5. The summed E-state index contributed by atoms with van der Waals surface area (Å²) in [6, 6.07) is 8.81. The molecule has 2 atom stereocenters. The molecule has 32 heavy (non-hydrogen) atoms. The molecule has 2 unspecified atom stereocenters. The molecule has 180 valence electrons. The van der Waals surface area contributed by atoms with Gasteiger partial charge >= 0.3 is 0 Å². The lowest BCUT2D eigenvalue weighted by atomic mass is 9.76. The third-order valence-electron chi connectivity index (χ3n) is 6.09. The normalized spacial score (nSPS) is 17.2. The lowest BCUT2D eigenvalue weighted by molar-refractivity contribution is 0.380. The average Bonchev–Trinajstić information content (AvgIpc) is 2.70. The SMILES string of the molecule is Br.Br.NC1CCc2c(ccc(O)c2O)C1CCCCCCNCCc1cc(O)cc(Cl)c1. The molecule has 2 aromatic rings. The minimum Gasteiger partial charge on any atom is -0.508 e. The highest BCUT2D eigenvalue weighted by Gasteiger charge is 2.29. The molecule has 0 spiro atoms. The Kier molecular flexibility index (Phi) is 13.0. The lowest BCUT2D eigenvalue weighted by Crippen LogP contribution is -2.33. The van der Waals surface area contributed by atoms with Gasteiger partial charge in [-0.2, -0.15) is 0 Å². The second-order valence-electron chi connectivity index (χ2n) is 8.33. The van der Waals surface area contributed by atoms with E-state index < -0.39 is 0 Å². The number of hydrogen-bond acceptors (Lipinski definition) is 5. The predicted molar refractivity (Wildman–Crippen MR) is 142 cm³/mol. The number of nitrogens with two attached hydrogens (primary N) is 1. The maximum absolute atomic E-state index is 10.1. The maximum Gasteiger partial charge on any atom is 0.160 e. The number of nitrogens with one attached hydrogen (secondary N) is 1. The first-order valence-corrected chi connectivity index (χ1v) is 11.3. The predicted octanol–water partition coefficient (Wildman–Crippen LogP) is 5.75. The van der Waals surface area contributed by atoms with Gasteiger partial charge in [-0.15, -0.1) is 34.0 Å². The summed E-state index contributed by atoms with van der Waals surface area (Å²) >= 11 is 5.96. The quantitative estimate of drug-likeness (QED) is 0.178. The van der Waals surface area contributed by atoms with E-state index in [4.69, 9.17) is 17.3 Å². The van der Waals surface area contributed by atoms with Gasteiger partial charge in [0.25, 0.3) is 0 Å². The largest absolute Gasteiger partial charge is 0.508 e. The number of phenolic OH excluding ortho intramolecular Hbond substituents is 3. The van der Waals surface area contributed by atoms with Gasteiger partial charge in [0, 0.05) is 16.6 Å². The van der Waals surface area contributed by atoms with Crippen molar-refractivity contribution in [2.45, 2.75) is 63.3 Å². The van der Waals surface area contributed by atoms with Crippen LogP contribution in [0.1, 0.15) is 61.1 Å². The summed E-state index contributed by atoms with van der Waals surface area (Å²) in [6.07, 6.45) is 8.01. The topological polar surface area (TPSA) is 98.7 Å². The third kappa shape index (κ3) is 8.10. The highest BCUT2D eigenvalue weighted by molar-refractivity contribution is 8.93. The number of hydrogen-bond donors (Lipinski definition) is 5. The highest BCUT2D eigenvalue weighted by atomic mass is 79.9. The zero-order valence-electron chi connectivity index (χ0n) is 18.2. The van der Waals surface area contributed by atoms with Gasteiger partial charge < -0.3 is 26.4 Å². The molecule has 1 aliphatic rings. The number of halogens is 3. The van der Waals surface area contributed by atoms with E-state index in [1.54, 1.807) is 18.2 Å². The first-order valence-electron chi connectivity index (χ1n) is 10.9. The van der Waals surface area contributed by atoms with Gasteiger partial charge in [0.1, 0.15) is 5.75 Å². The first kappa shape index (κ1) is 29.0. The van der Waals surface area contributed by atoms with E-state index in [9.17, 15) is 15.3 Å². The van der Waals surface area contributed by atoms with Crippen molar-refractivity contribution in [2.24, 2.45) is 5.73 Å². The minimum absolute atomic E-state index is 0. The number of aromatic hydroxyl groups is 3. The van der Waals surface area contributed by atoms with Crippen LogP contribution in [0.2, 0.25) is 5.02 Å². The van der Waals surface area contributed by atoms with Crippen molar-refractivity contribution in [1.82, 2.24) is 5.32 Å². The molecule has 0 heterocycles. The highest BCUT2D eigenvalue weighted by Crippen LogP contribution is 2.42. The Hall–Kier alpha value is -0.990. The van der Waals surface area contributed by atoms with Crippen LogP contribution in [0.3, 0.4) is 0 Å². The Balaban J connectivity index is 0.00000256. The van der Waals surface area contributed by atoms with E-state index in [1.165, 1.54) is 6.42 Å². The van der Waals surface area contributed by atoms with Crippen LogP contribution < -0.4 is 11.1 Å². The van der Waals surface area contributed by atoms with Gasteiger partial charge in [-0.05, 0) is 86.5 Å². The van der Waals surface area contributed by atoms with Crippen molar-refractivity contribution in [3.05, 3.63) is 52.0 Å².